The van der Waals surface area contributed by atoms with Gasteiger partial charge in [0, 0.05) is 18.8 Å². The van der Waals surface area contributed by atoms with Gasteiger partial charge in [0.05, 0.1) is 0 Å². The van der Waals surface area contributed by atoms with Crippen molar-refractivity contribution in [3.8, 4) is 0 Å². The van der Waals surface area contributed by atoms with Crippen LogP contribution in [0.5, 0.6) is 0 Å². The molecule has 0 aliphatic rings. The predicted octanol–water partition coefficient (Wildman–Crippen LogP) is 3.17. The summed E-state index contributed by atoms with van der Waals surface area (Å²) in [6.07, 6.45) is 2.62. The van der Waals surface area contributed by atoms with Crippen molar-refractivity contribution in [2.75, 3.05) is 17.2 Å². The van der Waals surface area contributed by atoms with Crippen LogP contribution >= 0.6 is 0 Å². The maximum Gasteiger partial charge on any atom is 0.224 e. The van der Waals surface area contributed by atoms with Gasteiger partial charge in [0.25, 0.3) is 0 Å². The molecule has 112 valence electrons. The lowest BCUT2D eigenvalue weighted by Gasteiger charge is -2.06. The van der Waals surface area contributed by atoms with Gasteiger partial charge in [0.15, 0.2) is 5.82 Å². The fraction of sp³-hybridized carbons (Fsp3) is 0.188. The Morgan fingerprint density at radius 2 is 1.95 bits per heavy atom. The number of anilines is 3. The number of hydrogen-bond acceptors (Lipinski definition) is 6. The Balaban J connectivity index is 1.57. The van der Waals surface area contributed by atoms with E-state index < -0.39 is 0 Å². The Bertz CT molecular complexity index is 726. The van der Waals surface area contributed by atoms with E-state index in [-0.39, 0.29) is 0 Å². The molecule has 6 heteroatoms. The average Bonchev–Trinajstić information content (AvgIpc) is 2.94. The second kappa shape index (κ2) is 6.71. The van der Waals surface area contributed by atoms with Gasteiger partial charge in [0.1, 0.15) is 11.6 Å². The van der Waals surface area contributed by atoms with E-state index in [1.807, 2.05) is 31.2 Å². The van der Waals surface area contributed by atoms with Gasteiger partial charge in [-0.25, -0.2) is 4.98 Å². The van der Waals surface area contributed by atoms with Gasteiger partial charge in [-0.05, 0) is 25.0 Å². The van der Waals surface area contributed by atoms with Crippen LogP contribution in [0.2, 0.25) is 0 Å². The highest BCUT2D eigenvalue weighted by Crippen LogP contribution is 2.14. The van der Waals surface area contributed by atoms with Gasteiger partial charge in [-0.3, -0.25) is 0 Å². The van der Waals surface area contributed by atoms with E-state index in [9.17, 15) is 0 Å². The first-order valence-electron chi connectivity index (χ1n) is 7.11. The summed E-state index contributed by atoms with van der Waals surface area (Å²) >= 11 is 0. The molecule has 0 saturated heterocycles. The van der Waals surface area contributed by atoms with Gasteiger partial charge in [-0.1, -0.05) is 35.5 Å². The molecule has 6 nitrogen and oxygen atoms in total. The molecule has 0 bridgehead atoms. The molecular weight excluding hydrogens is 278 g/mol. The lowest BCUT2D eigenvalue weighted by atomic mass is 10.1. The third-order valence-corrected chi connectivity index (χ3v) is 3.08. The SMILES string of the molecule is Cc1cc(Nc2ccnc(NCCc3ccccc3)n2)no1. The smallest absolute Gasteiger partial charge is 0.224 e. The molecule has 0 amide bonds. The van der Waals surface area contributed by atoms with Crippen LogP contribution in [-0.4, -0.2) is 21.7 Å². The summed E-state index contributed by atoms with van der Waals surface area (Å²) in [6.45, 7) is 2.62. The van der Waals surface area contributed by atoms with Gasteiger partial charge < -0.3 is 15.2 Å². The standard InChI is InChI=1S/C16H17N5O/c1-12-11-15(21-22-12)19-14-8-10-18-16(20-14)17-9-7-13-5-3-2-4-6-13/h2-6,8,10-11H,7,9H2,1H3,(H2,17,18,19,20,21). The van der Waals surface area contributed by atoms with Gasteiger partial charge in [-0.15, -0.1) is 0 Å². The molecule has 0 atom stereocenters. The molecule has 0 fully saturated rings. The molecule has 1 aromatic carbocycles. The molecule has 0 saturated carbocycles. The first kappa shape index (κ1) is 14.1. The Morgan fingerprint density at radius 1 is 1.09 bits per heavy atom. The third-order valence-electron chi connectivity index (χ3n) is 3.08. The largest absolute Gasteiger partial charge is 0.360 e. The van der Waals surface area contributed by atoms with Crippen LogP contribution < -0.4 is 10.6 Å². The van der Waals surface area contributed by atoms with E-state index in [1.165, 1.54) is 5.56 Å². The summed E-state index contributed by atoms with van der Waals surface area (Å²) in [4.78, 5) is 8.60. The highest BCUT2D eigenvalue weighted by Gasteiger charge is 2.03. The van der Waals surface area contributed by atoms with Crippen molar-refractivity contribution in [2.24, 2.45) is 0 Å². The van der Waals surface area contributed by atoms with Crippen molar-refractivity contribution in [3.63, 3.8) is 0 Å². The molecular formula is C16H17N5O. The minimum absolute atomic E-state index is 0.584. The van der Waals surface area contributed by atoms with E-state index in [0.717, 1.165) is 18.7 Å². The number of aryl methyl sites for hydroxylation is 1. The summed E-state index contributed by atoms with van der Waals surface area (Å²) in [5.41, 5.74) is 1.28. The van der Waals surface area contributed by atoms with Gasteiger partial charge in [-0.2, -0.15) is 4.98 Å². The van der Waals surface area contributed by atoms with E-state index in [1.54, 1.807) is 12.3 Å². The average molecular weight is 295 g/mol. The Morgan fingerprint density at radius 3 is 2.73 bits per heavy atom. The molecule has 3 rings (SSSR count). The summed E-state index contributed by atoms with van der Waals surface area (Å²) < 4.78 is 5.01. The van der Waals surface area contributed by atoms with Crippen LogP contribution in [0.25, 0.3) is 0 Å². The van der Waals surface area contributed by atoms with Crippen molar-refractivity contribution in [2.45, 2.75) is 13.3 Å². The topological polar surface area (TPSA) is 75.9 Å². The first-order valence-corrected chi connectivity index (χ1v) is 7.11. The van der Waals surface area contributed by atoms with Crippen molar-refractivity contribution < 1.29 is 4.52 Å². The molecule has 3 aromatic rings. The van der Waals surface area contributed by atoms with Crippen LogP contribution in [0.3, 0.4) is 0 Å². The van der Waals surface area contributed by atoms with Crippen LogP contribution in [0, 0.1) is 6.92 Å². The lowest BCUT2D eigenvalue weighted by Crippen LogP contribution is -2.08. The fourth-order valence-electron chi connectivity index (χ4n) is 2.03. The normalized spacial score (nSPS) is 10.4. The van der Waals surface area contributed by atoms with E-state index in [4.69, 9.17) is 4.52 Å². The summed E-state index contributed by atoms with van der Waals surface area (Å²) in [7, 11) is 0. The quantitative estimate of drug-likeness (QED) is 0.727. The van der Waals surface area contributed by atoms with E-state index in [2.05, 4.69) is 37.9 Å². The monoisotopic (exact) mass is 295 g/mol. The summed E-state index contributed by atoms with van der Waals surface area (Å²) in [5, 5.41) is 10.2. The number of hydrogen-bond donors (Lipinski definition) is 2. The molecule has 0 unspecified atom stereocenters. The Labute approximate surface area is 128 Å². The second-order valence-electron chi connectivity index (χ2n) is 4.88. The number of nitrogens with one attached hydrogen (secondary N) is 2. The zero-order valence-electron chi connectivity index (χ0n) is 12.3. The predicted molar refractivity (Wildman–Crippen MR) is 85.2 cm³/mol. The Hall–Kier alpha value is -2.89. The first-order chi connectivity index (χ1) is 10.8. The highest BCUT2D eigenvalue weighted by atomic mass is 16.5. The molecule has 22 heavy (non-hydrogen) atoms. The lowest BCUT2D eigenvalue weighted by molar-refractivity contribution is 0.400. The maximum atomic E-state index is 5.01. The number of rotatable bonds is 6. The van der Waals surface area contributed by atoms with E-state index in [0.29, 0.717) is 17.6 Å². The Kier molecular flexibility index (Phi) is 4.29. The molecule has 2 N–H and O–H groups in total. The van der Waals surface area contributed by atoms with Gasteiger partial charge >= 0.3 is 0 Å². The molecule has 0 aliphatic carbocycles. The van der Waals surface area contributed by atoms with Crippen LogP contribution in [0.15, 0.2) is 53.2 Å². The number of nitrogens with zero attached hydrogens (tertiary/aromatic N) is 3. The number of benzene rings is 1. The molecule has 2 aromatic heterocycles. The van der Waals surface area contributed by atoms with Crippen LogP contribution in [0.1, 0.15) is 11.3 Å². The maximum absolute atomic E-state index is 5.01. The van der Waals surface area contributed by atoms with E-state index >= 15 is 0 Å². The molecule has 0 radical (unpaired) electrons. The van der Waals surface area contributed by atoms with Crippen LogP contribution in [-0.2, 0) is 6.42 Å². The minimum Gasteiger partial charge on any atom is -0.360 e. The molecule has 0 aliphatic heterocycles. The molecule has 0 spiro atoms. The number of aromatic nitrogens is 3. The highest BCUT2D eigenvalue weighted by molar-refractivity contribution is 5.52. The summed E-state index contributed by atoms with van der Waals surface area (Å²) in [6, 6.07) is 13.9. The second-order valence-corrected chi connectivity index (χ2v) is 4.88. The van der Waals surface area contributed by atoms with Gasteiger partial charge in [0.2, 0.25) is 5.95 Å². The zero-order chi connectivity index (χ0) is 15.2. The summed E-state index contributed by atoms with van der Waals surface area (Å²) in [5.74, 6) is 2.64. The minimum atomic E-state index is 0.584. The van der Waals surface area contributed by atoms with Crippen molar-refractivity contribution in [3.05, 3.63) is 60.0 Å². The van der Waals surface area contributed by atoms with Crippen molar-refractivity contribution in [1.29, 1.82) is 0 Å². The van der Waals surface area contributed by atoms with Crippen molar-refractivity contribution >= 4 is 17.6 Å². The van der Waals surface area contributed by atoms with Crippen molar-refractivity contribution in [1.82, 2.24) is 15.1 Å². The zero-order valence-corrected chi connectivity index (χ0v) is 12.3. The third kappa shape index (κ3) is 3.82. The fourth-order valence-corrected chi connectivity index (χ4v) is 2.03. The molecule has 2 heterocycles. The van der Waals surface area contributed by atoms with Crippen LogP contribution in [0.4, 0.5) is 17.6 Å².